The number of nitrogens with zero attached hydrogens (tertiary/aromatic N) is 3. The largest absolute Gasteiger partial charge is 0.366 e. The third kappa shape index (κ3) is 4.25. The molecule has 0 unspecified atom stereocenters. The van der Waals surface area contributed by atoms with Gasteiger partial charge in [0.1, 0.15) is 5.82 Å². The number of benzene rings is 2. The molecule has 0 radical (unpaired) electrons. The maximum absolute atomic E-state index is 14.0. The van der Waals surface area contributed by atoms with Gasteiger partial charge in [0, 0.05) is 51.4 Å². The smallest absolute Gasteiger partial charge is 0.249 e. The molecule has 0 spiro atoms. The Morgan fingerprint density at radius 2 is 1.61 bits per heavy atom. The van der Waals surface area contributed by atoms with Crippen LogP contribution in [0.4, 0.5) is 10.1 Å². The van der Waals surface area contributed by atoms with Crippen LogP contribution < -0.4 is 4.90 Å². The summed E-state index contributed by atoms with van der Waals surface area (Å²) in [5.74, 6) is -0.0525. The first-order chi connectivity index (χ1) is 13.7. The lowest BCUT2D eigenvalue weighted by molar-refractivity contribution is -0.127. The van der Waals surface area contributed by atoms with Crippen LogP contribution in [0.1, 0.15) is 12.0 Å². The Labute approximate surface area is 165 Å². The van der Waals surface area contributed by atoms with Crippen molar-refractivity contribution in [2.75, 3.05) is 44.2 Å². The lowest BCUT2D eigenvalue weighted by Crippen LogP contribution is -2.49. The van der Waals surface area contributed by atoms with Gasteiger partial charge in [0.25, 0.3) is 0 Å². The Morgan fingerprint density at radius 3 is 2.29 bits per heavy atom. The van der Waals surface area contributed by atoms with E-state index in [0.717, 1.165) is 31.6 Å². The minimum atomic E-state index is -0.198. The highest BCUT2D eigenvalue weighted by atomic mass is 19.1. The minimum Gasteiger partial charge on any atom is -0.366 e. The lowest BCUT2D eigenvalue weighted by atomic mass is 10.1. The Kier molecular flexibility index (Phi) is 5.72. The normalized spacial score (nSPS) is 18.1. The summed E-state index contributed by atoms with van der Waals surface area (Å²) in [6.07, 6.45) is 2.87. The highest BCUT2D eigenvalue weighted by molar-refractivity contribution is 5.93. The summed E-state index contributed by atoms with van der Waals surface area (Å²) in [6, 6.07) is 17.3. The van der Waals surface area contributed by atoms with E-state index in [1.807, 2.05) is 21.9 Å². The van der Waals surface area contributed by atoms with Crippen molar-refractivity contribution in [1.29, 1.82) is 0 Å². The molecule has 2 aromatic rings. The number of anilines is 1. The quantitative estimate of drug-likeness (QED) is 0.816. The molecule has 1 amide bonds. The molecule has 4 rings (SSSR count). The molecule has 1 saturated heterocycles. The predicted molar refractivity (Wildman–Crippen MR) is 110 cm³/mol. The van der Waals surface area contributed by atoms with Gasteiger partial charge in [-0.1, -0.05) is 48.5 Å². The molecule has 4 nitrogen and oxygen atoms in total. The molecule has 2 heterocycles. The van der Waals surface area contributed by atoms with E-state index in [-0.39, 0.29) is 11.7 Å². The van der Waals surface area contributed by atoms with E-state index >= 15 is 0 Å². The first-order valence-corrected chi connectivity index (χ1v) is 9.95. The van der Waals surface area contributed by atoms with Crippen LogP contribution in [-0.4, -0.2) is 55.0 Å². The van der Waals surface area contributed by atoms with Crippen molar-refractivity contribution in [3.05, 3.63) is 77.6 Å². The average Bonchev–Trinajstić information content (AvgIpc) is 2.75. The predicted octanol–water partition coefficient (Wildman–Crippen LogP) is 3.31. The summed E-state index contributed by atoms with van der Waals surface area (Å²) in [6.45, 7) is 5.24. The first kappa shape index (κ1) is 18.7. The molecule has 2 aliphatic heterocycles. The van der Waals surface area contributed by atoms with Crippen LogP contribution >= 0.6 is 0 Å². The molecule has 0 bridgehead atoms. The van der Waals surface area contributed by atoms with Crippen LogP contribution in [-0.2, 0) is 11.3 Å². The average molecular weight is 379 g/mol. The van der Waals surface area contributed by atoms with E-state index in [2.05, 4.69) is 35.2 Å². The standard InChI is InChI=1S/C23H26FN3O/c24-21-8-4-5-9-22(21)26-14-16-27(17-15-26)23(28)20-10-12-25(13-11-20)18-19-6-2-1-3-7-19/h1-10H,11-18H2. The van der Waals surface area contributed by atoms with Crippen LogP contribution in [0.15, 0.2) is 66.2 Å². The van der Waals surface area contributed by atoms with Gasteiger partial charge in [-0.25, -0.2) is 4.39 Å². The van der Waals surface area contributed by atoms with Gasteiger partial charge >= 0.3 is 0 Å². The number of hydrogen-bond acceptors (Lipinski definition) is 3. The molecule has 0 aliphatic carbocycles. The molecule has 0 atom stereocenters. The summed E-state index contributed by atoms with van der Waals surface area (Å²) in [7, 11) is 0. The molecular weight excluding hydrogens is 353 g/mol. The fraction of sp³-hybridized carbons (Fsp3) is 0.348. The number of para-hydroxylation sites is 1. The van der Waals surface area contributed by atoms with E-state index in [1.54, 1.807) is 12.1 Å². The van der Waals surface area contributed by atoms with E-state index in [9.17, 15) is 9.18 Å². The van der Waals surface area contributed by atoms with Crippen LogP contribution in [0.5, 0.6) is 0 Å². The maximum atomic E-state index is 14.0. The molecule has 146 valence electrons. The zero-order valence-electron chi connectivity index (χ0n) is 16.1. The molecule has 28 heavy (non-hydrogen) atoms. The van der Waals surface area contributed by atoms with Gasteiger partial charge in [0.15, 0.2) is 0 Å². The number of hydrogen-bond donors (Lipinski definition) is 0. The number of piperazine rings is 1. The second-order valence-corrected chi connectivity index (χ2v) is 7.43. The van der Waals surface area contributed by atoms with Crippen molar-refractivity contribution in [2.45, 2.75) is 13.0 Å². The van der Waals surface area contributed by atoms with Crippen molar-refractivity contribution in [2.24, 2.45) is 0 Å². The van der Waals surface area contributed by atoms with Crippen LogP contribution in [0, 0.1) is 5.82 Å². The molecule has 0 saturated carbocycles. The van der Waals surface area contributed by atoms with E-state index in [4.69, 9.17) is 0 Å². The number of halogens is 1. The molecular formula is C23H26FN3O. The van der Waals surface area contributed by atoms with Crippen molar-refractivity contribution in [3.63, 3.8) is 0 Å². The lowest BCUT2D eigenvalue weighted by Gasteiger charge is -2.37. The topological polar surface area (TPSA) is 26.8 Å². The summed E-state index contributed by atoms with van der Waals surface area (Å²) in [5, 5.41) is 0. The number of rotatable bonds is 4. The van der Waals surface area contributed by atoms with Crippen molar-refractivity contribution < 1.29 is 9.18 Å². The first-order valence-electron chi connectivity index (χ1n) is 9.95. The Hall–Kier alpha value is -2.66. The van der Waals surface area contributed by atoms with Crippen molar-refractivity contribution >= 4 is 11.6 Å². The fourth-order valence-electron chi connectivity index (χ4n) is 3.95. The fourth-order valence-corrected chi connectivity index (χ4v) is 3.95. The molecule has 5 heteroatoms. The zero-order chi connectivity index (χ0) is 19.3. The van der Waals surface area contributed by atoms with Gasteiger partial charge in [-0.3, -0.25) is 9.69 Å². The zero-order valence-corrected chi connectivity index (χ0v) is 16.1. The second kappa shape index (κ2) is 8.57. The van der Waals surface area contributed by atoms with Gasteiger partial charge in [0.2, 0.25) is 5.91 Å². The van der Waals surface area contributed by atoms with Gasteiger partial charge in [-0.2, -0.15) is 0 Å². The number of amides is 1. The van der Waals surface area contributed by atoms with Crippen LogP contribution in [0.2, 0.25) is 0 Å². The third-order valence-corrected chi connectivity index (χ3v) is 5.58. The van der Waals surface area contributed by atoms with Gasteiger partial charge in [-0.15, -0.1) is 0 Å². The second-order valence-electron chi connectivity index (χ2n) is 7.43. The summed E-state index contributed by atoms with van der Waals surface area (Å²) in [4.78, 5) is 19.2. The van der Waals surface area contributed by atoms with Gasteiger partial charge < -0.3 is 9.80 Å². The molecule has 0 N–H and O–H groups in total. The Morgan fingerprint density at radius 1 is 0.893 bits per heavy atom. The summed E-state index contributed by atoms with van der Waals surface area (Å²) in [5.41, 5.74) is 2.85. The molecule has 2 aromatic carbocycles. The molecule has 1 fully saturated rings. The Bertz CT molecular complexity index is 844. The minimum absolute atomic E-state index is 0.146. The van der Waals surface area contributed by atoms with E-state index < -0.39 is 0 Å². The highest BCUT2D eigenvalue weighted by Crippen LogP contribution is 2.22. The van der Waals surface area contributed by atoms with Gasteiger partial charge in [0.05, 0.1) is 5.69 Å². The number of carbonyl (C=O) groups is 1. The number of carbonyl (C=O) groups excluding carboxylic acids is 1. The highest BCUT2D eigenvalue weighted by Gasteiger charge is 2.26. The van der Waals surface area contributed by atoms with Gasteiger partial charge in [-0.05, 0) is 24.1 Å². The monoisotopic (exact) mass is 379 g/mol. The Balaban J connectivity index is 1.30. The molecule has 0 aromatic heterocycles. The maximum Gasteiger partial charge on any atom is 0.249 e. The summed E-state index contributed by atoms with van der Waals surface area (Å²) >= 11 is 0. The SMILES string of the molecule is O=C(C1=CCN(Cc2ccccc2)CC1)N1CCN(c2ccccc2F)CC1. The van der Waals surface area contributed by atoms with E-state index in [1.165, 1.54) is 11.6 Å². The summed E-state index contributed by atoms with van der Waals surface area (Å²) < 4.78 is 14.0. The third-order valence-electron chi connectivity index (χ3n) is 5.58. The van der Waals surface area contributed by atoms with Crippen LogP contribution in [0.25, 0.3) is 0 Å². The molecule has 2 aliphatic rings. The van der Waals surface area contributed by atoms with Crippen molar-refractivity contribution in [3.8, 4) is 0 Å². The van der Waals surface area contributed by atoms with Crippen LogP contribution in [0.3, 0.4) is 0 Å². The van der Waals surface area contributed by atoms with E-state index in [0.29, 0.717) is 31.9 Å². The van der Waals surface area contributed by atoms with Crippen molar-refractivity contribution in [1.82, 2.24) is 9.80 Å².